The van der Waals surface area contributed by atoms with Gasteiger partial charge in [0.25, 0.3) is 5.91 Å². The van der Waals surface area contributed by atoms with Crippen LogP contribution in [0.15, 0.2) is 66.0 Å². The number of halogens is 2. The van der Waals surface area contributed by atoms with Gasteiger partial charge in [0.2, 0.25) is 0 Å². The van der Waals surface area contributed by atoms with Crippen molar-refractivity contribution in [1.82, 2.24) is 15.6 Å². The number of benzene rings is 3. The van der Waals surface area contributed by atoms with Crippen LogP contribution in [-0.2, 0) is 25.8 Å². The molecule has 1 aliphatic rings. The number of hydrogen-bond acceptors (Lipinski definition) is 6. The zero-order chi connectivity index (χ0) is 28.1. The van der Waals surface area contributed by atoms with Gasteiger partial charge in [0, 0.05) is 36.5 Å². The van der Waals surface area contributed by atoms with Crippen molar-refractivity contribution in [2.45, 2.75) is 44.9 Å². The molecule has 6 nitrogen and oxygen atoms in total. The largest absolute Gasteiger partial charge is 0.493 e. The molecule has 0 saturated heterocycles. The third kappa shape index (κ3) is 6.91. The van der Waals surface area contributed by atoms with Crippen LogP contribution in [0.25, 0.3) is 10.6 Å². The summed E-state index contributed by atoms with van der Waals surface area (Å²) in [6.45, 7) is 3.44. The molecule has 40 heavy (non-hydrogen) atoms. The third-order valence-corrected chi connectivity index (χ3v) is 7.81. The molecule has 4 aromatic rings. The molecule has 1 amide bonds. The van der Waals surface area contributed by atoms with Crippen molar-refractivity contribution in [2.24, 2.45) is 0 Å². The van der Waals surface area contributed by atoms with E-state index < -0.39 is 29.7 Å². The Kier molecular flexibility index (Phi) is 8.84. The van der Waals surface area contributed by atoms with Gasteiger partial charge in [0.1, 0.15) is 28.1 Å². The van der Waals surface area contributed by atoms with E-state index in [9.17, 15) is 18.7 Å². The van der Waals surface area contributed by atoms with Crippen LogP contribution in [-0.4, -0.2) is 41.3 Å². The van der Waals surface area contributed by atoms with Crippen molar-refractivity contribution in [3.63, 3.8) is 0 Å². The summed E-state index contributed by atoms with van der Waals surface area (Å²) in [4.78, 5) is 17.7. The number of rotatable bonds is 11. The Labute approximate surface area is 236 Å². The second-order valence-corrected chi connectivity index (χ2v) is 10.8. The standard InChI is InChI=1S/C31H31F2N3O3S/c1-2-19-4-3-5-20(10-19)16-34-17-28(37)26(13-21-11-24(32)15-25(33)12-21)35-30(38)27-18-40-31(36-27)23-6-7-29-22(14-23)8-9-39-29/h3-7,10-12,14-15,18,26,28,34,37H,2,8-9,13,16-17H2,1H3,(H,35,38)/t26-,28+/m0/s1. The number of thiazole rings is 1. The number of carbonyl (C=O) groups excluding carboxylic acids is 1. The van der Waals surface area contributed by atoms with Gasteiger partial charge in [-0.15, -0.1) is 11.3 Å². The van der Waals surface area contributed by atoms with E-state index in [-0.39, 0.29) is 18.7 Å². The summed E-state index contributed by atoms with van der Waals surface area (Å²) in [7, 11) is 0. The van der Waals surface area contributed by atoms with E-state index >= 15 is 0 Å². The number of aliphatic hydroxyl groups is 1. The zero-order valence-electron chi connectivity index (χ0n) is 22.1. The number of amides is 1. The molecule has 3 aromatic carbocycles. The Balaban J connectivity index is 1.28. The lowest BCUT2D eigenvalue weighted by Gasteiger charge is -2.24. The number of ether oxygens (including phenoxy) is 1. The van der Waals surface area contributed by atoms with Gasteiger partial charge in [-0.3, -0.25) is 4.79 Å². The molecule has 0 radical (unpaired) electrons. The molecular formula is C31H31F2N3O3S. The summed E-state index contributed by atoms with van der Waals surface area (Å²) in [5.41, 5.74) is 4.84. The highest BCUT2D eigenvalue weighted by Crippen LogP contribution is 2.32. The van der Waals surface area contributed by atoms with E-state index in [2.05, 4.69) is 34.7 Å². The Morgan fingerprint density at radius 1 is 1.07 bits per heavy atom. The fourth-order valence-electron chi connectivity index (χ4n) is 4.80. The van der Waals surface area contributed by atoms with Crippen molar-refractivity contribution in [3.8, 4) is 16.3 Å². The fourth-order valence-corrected chi connectivity index (χ4v) is 5.60. The van der Waals surface area contributed by atoms with Gasteiger partial charge in [0.15, 0.2) is 0 Å². The first-order valence-corrected chi connectivity index (χ1v) is 14.2. The number of aromatic nitrogens is 1. The minimum atomic E-state index is -1.03. The molecule has 2 atom stereocenters. The third-order valence-electron chi connectivity index (χ3n) is 6.91. The minimum absolute atomic E-state index is 0.0381. The van der Waals surface area contributed by atoms with Crippen molar-refractivity contribution in [3.05, 3.63) is 106 Å². The molecule has 0 unspecified atom stereocenters. The molecule has 1 aromatic heterocycles. The molecule has 5 rings (SSSR count). The lowest BCUT2D eigenvalue weighted by atomic mass is 10.00. The molecule has 0 spiro atoms. The topological polar surface area (TPSA) is 83.5 Å². The number of carbonyl (C=O) groups is 1. The molecule has 3 N–H and O–H groups in total. The molecule has 0 fully saturated rings. The molecule has 2 heterocycles. The van der Waals surface area contributed by atoms with E-state index in [1.54, 1.807) is 5.38 Å². The first-order valence-electron chi connectivity index (χ1n) is 13.3. The van der Waals surface area contributed by atoms with E-state index in [0.29, 0.717) is 23.7 Å². The second-order valence-electron chi connectivity index (χ2n) is 9.89. The molecule has 208 valence electrons. The maximum atomic E-state index is 13.9. The van der Waals surface area contributed by atoms with Crippen LogP contribution in [0.5, 0.6) is 5.75 Å². The van der Waals surface area contributed by atoms with Crippen LogP contribution < -0.4 is 15.4 Å². The quantitative estimate of drug-likeness (QED) is 0.237. The Morgan fingerprint density at radius 3 is 2.67 bits per heavy atom. The molecule has 9 heteroatoms. The van der Waals surface area contributed by atoms with Crippen molar-refractivity contribution in [2.75, 3.05) is 13.2 Å². The molecular weight excluding hydrogens is 532 g/mol. The summed E-state index contributed by atoms with van der Waals surface area (Å²) < 4.78 is 33.3. The number of nitrogens with zero attached hydrogens (tertiary/aromatic N) is 1. The second kappa shape index (κ2) is 12.7. The van der Waals surface area contributed by atoms with E-state index in [1.165, 1.54) is 29.0 Å². The lowest BCUT2D eigenvalue weighted by Crippen LogP contribution is -2.48. The maximum absolute atomic E-state index is 13.9. The smallest absolute Gasteiger partial charge is 0.271 e. The van der Waals surface area contributed by atoms with Crippen LogP contribution in [0.3, 0.4) is 0 Å². The Morgan fingerprint density at radius 2 is 1.88 bits per heavy atom. The number of aryl methyl sites for hydroxylation is 1. The van der Waals surface area contributed by atoms with Gasteiger partial charge in [-0.2, -0.15) is 0 Å². The zero-order valence-corrected chi connectivity index (χ0v) is 22.9. The first-order chi connectivity index (χ1) is 19.4. The van der Waals surface area contributed by atoms with E-state index in [1.807, 2.05) is 30.3 Å². The van der Waals surface area contributed by atoms with E-state index in [4.69, 9.17) is 4.74 Å². The minimum Gasteiger partial charge on any atom is -0.493 e. The van der Waals surface area contributed by atoms with Crippen LogP contribution >= 0.6 is 11.3 Å². The summed E-state index contributed by atoms with van der Waals surface area (Å²) in [6.07, 6.45) is 0.768. The monoisotopic (exact) mass is 563 g/mol. The average Bonchev–Trinajstić information content (AvgIpc) is 3.62. The molecule has 0 saturated carbocycles. The van der Waals surface area contributed by atoms with Gasteiger partial charge in [0.05, 0.1) is 18.8 Å². The Hall–Kier alpha value is -3.66. The SMILES string of the molecule is CCc1cccc(CNC[C@@H](O)[C@H](Cc2cc(F)cc(F)c2)NC(=O)c2csc(-c3ccc4c(c3)CCO4)n2)c1. The van der Waals surface area contributed by atoms with Gasteiger partial charge in [-0.1, -0.05) is 31.2 Å². The van der Waals surface area contributed by atoms with Gasteiger partial charge >= 0.3 is 0 Å². The summed E-state index contributed by atoms with van der Waals surface area (Å²) in [5, 5.41) is 19.5. The summed E-state index contributed by atoms with van der Waals surface area (Å²) >= 11 is 1.35. The van der Waals surface area contributed by atoms with Crippen LogP contribution in [0, 0.1) is 11.6 Å². The van der Waals surface area contributed by atoms with Crippen LogP contribution in [0.1, 0.15) is 39.7 Å². The van der Waals surface area contributed by atoms with Crippen molar-refractivity contribution >= 4 is 17.2 Å². The van der Waals surface area contributed by atoms with Gasteiger partial charge in [-0.25, -0.2) is 13.8 Å². The molecule has 0 bridgehead atoms. The predicted octanol–water partition coefficient (Wildman–Crippen LogP) is 5.08. The number of nitrogens with one attached hydrogen (secondary N) is 2. The van der Waals surface area contributed by atoms with Crippen LogP contribution in [0.4, 0.5) is 8.78 Å². The highest BCUT2D eigenvalue weighted by molar-refractivity contribution is 7.13. The van der Waals surface area contributed by atoms with Crippen molar-refractivity contribution < 1.29 is 23.4 Å². The van der Waals surface area contributed by atoms with Crippen molar-refractivity contribution in [1.29, 1.82) is 0 Å². The lowest BCUT2D eigenvalue weighted by molar-refractivity contribution is 0.0826. The molecule has 1 aliphatic heterocycles. The first kappa shape index (κ1) is 27.9. The predicted molar refractivity (Wildman–Crippen MR) is 152 cm³/mol. The number of aliphatic hydroxyl groups excluding tert-OH is 1. The average molecular weight is 564 g/mol. The van der Waals surface area contributed by atoms with Crippen LogP contribution in [0.2, 0.25) is 0 Å². The maximum Gasteiger partial charge on any atom is 0.271 e. The summed E-state index contributed by atoms with van der Waals surface area (Å²) in [6, 6.07) is 16.4. The Bertz CT molecular complexity index is 1470. The molecule has 0 aliphatic carbocycles. The highest BCUT2D eigenvalue weighted by atomic mass is 32.1. The summed E-state index contributed by atoms with van der Waals surface area (Å²) in [5.74, 6) is -1.03. The normalized spacial score (nSPS) is 13.9. The van der Waals surface area contributed by atoms with Gasteiger partial charge in [-0.05, 0) is 65.4 Å². The number of hydrogen-bond donors (Lipinski definition) is 3. The number of fused-ring (bicyclic) bond motifs is 1. The fraction of sp³-hybridized carbons (Fsp3) is 0.290. The van der Waals surface area contributed by atoms with Gasteiger partial charge < -0.3 is 20.5 Å². The highest BCUT2D eigenvalue weighted by Gasteiger charge is 2.24. The van der Waals surface area contributed by atoms with E-state index in [0.717, 1.165) is 41.3 Å².